The van der Waals surface area contributed by atoms with E-state index < -0.39 is 0 Å². The molecule has 0 spiro atoms. The van der Waals surface area contributed by atoms with E-state index in [4.69, 9.17) is 9.47 Å². The van der Waals surface area contributed by atoms with Gasteiger partial charge in [-0.15, -0.1) is 12.4 Å². The van der Waals surface area contributed by atoms with Crippen molar-refractivity contribution < 1.29 is 14.3 Å². The van der Waals surface area contributed by atoms with Gasteiger partial charge in [-0.1, -0.05) is 0 Å². The number of carbonyl (C=O) groups is 1. The Morgan fingerprint density at radius 3 is 2.57 bits per heavy atom. The highest BCUT2D eigenvalue weighted by atomic mass is 35.5. The monoisotopic (exact) mass is 314 g/mol. The highest BCUT2D eigenvalue weighted by Gasteiger charge is 2.17. The molecule has 1 heterocycles. The average Bonchev–Trinajstić information content (AvgIpc) is 2.97. The molecule has 0 aliphatic carbocycles. The van der Waals surface area contributed by atoms with Crippen molar-refractivity contribution in [2.24, 2.45) is 0 Å². The van der Waals surface area contributed by atoms with Crippen LogP contribution in [-0.2, 0) is 0 Å². The zero-order chi connectivity index (χ0) is 14.5. The van der Waals surface area contributed by atoms with Gasteiger partial charge in [-0.05, 0) is 44.0 Å². The molecule has 2 rings (SSSR count). The van der Waals surface area contributed by atoms with Gasteiger partial charge in [0.15, 0.2) is 11.5 Å². The molecule has 0 radical (unpaired) electrons. The van der Waals surface area contributed by atoms with Crippen LogP contribution < -0.4 is 20.1 Å². The van der Waals surface area contributed by atoms with Crippen molar-refractivity contribution in [1.29, 1.82) is 0 Å². The van der Waals surface area contributed by atoms with Gasteiger partial charge in [-0.2, -0.15) is 0 Å². The molecule has 1 aliphatic rings. The summed E-state index contributed by atoms with van der Waals surface area (Å²) in [6.07, 6.45) is 2.29. The predicted molar refractivity (Wildman–Crippen MR) is 84.9 cm³/mol. The molecule has 1 fully saturated rings. The fourth-order valence-electron chi connectivity index (χ4n) is 2.47. The van der Waals surface area contributed by atoms with Gasteiger partial charge in [0.25, 0.3) is 5.91 Å². The lowest BCUT2D eigenvalue weighted by Crippen LogP contribution is -2.37. The molecule has 1 aromatic rings. The van der Waals surface area contributed by atoms with E-state index in [-0.39, 0.29) is 18.3 Å². The SMILES string of the molecule is COc1cc(C)c(C(=O)NCC2CCCN2)cc1OC.Cl. The second kappa shape index (κ2) is 8.10. The lowest BCUT2D eigenvalue weighted by molar-refractivity contribution is 0.0949. The number of halogens is 1. The van der Waals surface area contributed by atoms with Crippen LogP contribution in [-0.4, -0.2) is 39.3 Å². The number of methoxy groups -OCH3 is 2. The van der Waals surface area contributed by atoms with Gasteiger partial charge in [0.05, 0.1) is 14.2 Å². The zero-order valence-corrected chi connectivity index (χ0v) is 13.5. The molecule has 5 nitrogen and oxygen atoms in total. The molecule has 0 aromatic heterocycles. The molecule has 118 valence electrons. The Bertz CT molecular complexity index is 488. The van der Waals surface area contributed by atoms with Gasteiger partial charge in [-0.3, -0.25) is 4.79 Å². The van der Waals surface area contributed by atoms with Crippen LogP contribution in [0.15, 0.2) is 12.1 Å². The van der Waals surface area contributed by atoms with E-state index >= 15 is 0 Å². The van der Waals surface area contributed by atoms with E-state index in [2.05, 4.69) is 10.6 Å². The molecule has 1 aliphatic heterocycles. The van der Waals surface area contributed by atoms with Crippen LogP contribution in [0.25, 0.3) is 0 Å². The number of hydrogen-bond donors (Lipinski definition) is 2. The van der Waals surface area contributed by atoms with Crippen molar-refractivity contribution in [2.75, 3.05) is 27.3 Å². The van der Waals surface area contributed by atoms with E-state index in [1.807, 2.05) is 13.0 Å². The van der Waals surface area contributed by atoms with Gasteiger partial charge in [0, 0.05) is 18.2 Å². The Morgan fingerprint density at radius 1 is 1.33 bits per heavy atom. The van der Waals surface area contributed by atoms with Crippen LogP contribution in [0.1, 0.15) is 28.8 Å². The summed E-state index contributed by atoms with van der Waals surface area (Å²) < 4.78 is 10.5. The normalized spacial score (nSPS) is 17.0. The van der Waals surface area contributed by atoms with Crippen molar-refractivity contribution in [2.45, 2.75) is 25.8 Å². The molecule has 0 saturated carbocycles. The Hall–Kier alpha value is -1.46. The summed E-state index contributed by atoms with van der Waals surface area (Å²) in [7, 11) is 3.15. The number of carbonyl (C=O) groups excluding carboxylic acids is 1. The molecule has 6 heteroatoms. The number of nitrogens with one attached hydrogen (secondary N) is 2. The zero-order valence-electron chi connectivity index (χ0n) is 12.7. The van der Waals surface area contributed by atoms with Gasteiger partial charge in [-0.25, -0.2) is 0 Å². The van der Waals surface area contributed by atoms with Crippen molar-refractivity contribution in [1.82, 2.24) is 10.6 Å². The summed E-state index contributed by atoms with van der Waals surface area (Å²) in [5, 5.41) is 6.33. The predicted octanol–water partition coefficient (Wildman–Crippen LogP) is 1.92. The molecule has 1 atom stereocenters. The number of rotatable bonds is 5. The van der Waals surface area contributed by atoms with E-state index in [0.717, 1.165) is 18.5 Å². The molecule has 21 heavy (non-hydrogen) atoms. The highest BCUT2D eigenvalue weighted by Crippen LogP contribution is 2.30. The summed E-state index contributed by atoms with van der Waals surface area (Å²) in [5.74, 6) is 1.14. The maximum absolute atomic E-state index is 12.3. The molecule has 1 unspecified atom stereocenters. The van der Waals surface area contributed by atoms with E-state index in [0.29, 0.717) is 29.6 Å². The lowest BCUT2D eigenvalue weighted by atomic mass is 10.1. The van der Waals surface area contributed by atoms with Crippen LogP contribution in [0, 0.1) is 6.92 Å². The van der Waals surface area contributed by atoms with Crippen LogP contribution >= 0.6 is 12.4 Å². The quantitative estimate of drug-likeness (QED) is 0.871. The first-order valence-corrected chi connectivity index (χ1v) is 6.90. The lowest BCUT2D eigenvalue weighted by Gasteiger charge is -2.15. The maximum atomic E-state index is 12.3. The fraction of sp³-hybridized carbons (Fsp3) is 0.533. The topological polar surface area (TPSA) is 59.6 Å². The minimum atomic E-state index is -0.0721. The van der Waals surface area contributed by atoms with Gasteiger partial charge in [0.2, 0.25) is 0 Å². The first-order chi connectivity index (χ1) is 9.65. The van der Waals surface area contributed by atoms with Crippen molar-refractivity contribution in [3.05, 3.63) is 23.3 Å². The standard InChI is InChI=1S/C15H22N2O3.ClH/c1-10-7-13(19-2)14(20-3)8-12(10)15(18)17-9-11-5-4-6-16-11;/h7-8,11,16H,4-6,9H2,1-3H3,(H,17,18);1H. The first kappa shape index (κ1) is 17.6. The third-order valence-electron chi connectivity index (χ3n) is 3.65. The fourth-order valence-corrected chi connectivity index (χ4v) is 2.47. The van der Waals surface area contributed by atoms with E-state index in [9.17, 15) is 4.79 Å². The Labute approximate surface area is 131 Å². The second-order valence-electron chi connectivity index (χ2n) is 5.03. The third kappa shape index (κ3) is 4.25. The van der Waals surface area contributed by atoms with E-state index in [1.54, 1.807) is 20.3 Å². The summed E-state index contributed by atoms with van der Waals surface area (Å²) in [4.78, 5) is 12.3. The Balaban J connectivity index is 0.00000220. The van der Waals surface area contributed by atoms with Gasteiger partial charge in [0.1, 0.15) is 0 Å². The number of ether oxygens (including phenoxy) is 2. The smallest absolute Gasteiger partial charge is 0.251 e. The van der Waals surface area contributed by atoms with Gasteiger partial charge >= 0.3 is 0 Å². The molecule has 2 N–H and O–H groups in total. The molecule has 1 saturated heterocycles. The number of benzene rings is 1. The molecular formula is C15H23ClN2O3. The minimum Gasteiger partial charge on any atom is -0.493 e. The van der Waals surface area contributed by atoms with Gasteiger partial charge < -0.3 is 20.1 Å². The summed E-state index contributed by atoms with van der Waals surface area (Å²) in [5.41, 5.74) is 1.50. The Kier molecular flexibility index (Phi) is 6.78. The molecule has 1 amide bonds. The summed E-state index contributed by atoms with van der Waals surface area (Å²) >= 11 is 0. The summed E-state index contributed by atoms with van der Waals surface area (Å²) in [6, 6.07) is 3.94. The van der Waals surface area contributed by atoms with Crippen LogP contribution in [0.5, 0.6) is 11.5 Å². The molecular weight excluding hydrogens is 292 g/mol. The largest absolute Gasteiger partial charge is 0.493 e. The minimum absolute atomic E-state index is 0. The van der Waals surface area contributed by atoms with Crippen molar-refractivity contribution in [3.63, 3.8) is 0 Å². The average molecular weight is 315 g/mol. The number of aryl methyl sites for hydroxylation is 1. The highest BCUT2D eigenvalue weighted by molar-refractivity contribution is 5.96. The molecule has 1 aromatic carbocycles. The summed E-state index contributed by atoms with van der Waals surface area (Å²) in [6.45, 7) is 3.59. The van der Waals surface area contributed by atoms with E-state index in [1.165, 1.54) is 6.42 Å². The Morgan fingerprint density at radius 2 is 2.00 bits per heavy atom. The van der Waals surface area contributed by atoms with Crippen LogP contribution in [0.3, 0.4) is 0 Å². The first-order valence-electron chi connectivity index (χ1n) is 6.90. The number of amides is 1. The van der Waals surface area contributed by atoms with Crippen molar-refractivity contribution in [3.8, 4) is 11.5 Å². The molecule has 0 bridgehead atoms. The maximum Gasteiger partial charge on any atom is 0.251 e. The number of hydrogen-bond acceptors (Lipinski definition) is 4. The van der Waals surface area contributed by atoms with Crippen molar-refractivity contribution >= 4 is 18.3 Å². The van der Waals surface area contributed by atoms with Crippen LogP contribution in [0.2, 0.25) is 0 Å². The second-order valence-corrected chi connectivity index (χ2v) is 5.03. The van der Waals surface area contributed by atoms with Crippen LogP contribution in [0.4, 0.5) is 0 Å². The third-order valence-corrected chi connectivity index (χ3v) is 3.65.